The van der Waals surface area contributed by atoms with Gasteiger partial charge in [0.05, 0.1) is 10.5 Å². The van der Waals surface area contributed by atoms with Crippen LogP contribution in [0.4, 0.5) is 11.4 Å². The van der Waals surface area contributed by atoms with Crippen LogP contribution in [0.5, 0.6) is 0 Å². The summed E-state index contributed by atoms with van der Waals surface area (Å²) in [5.74, 6) is -0.0259. The van der Waals surface area contributed by atoms with E-state index in [0.29, 0.717) is 5.56 Å². The number of rotatable bonds is 4. The van der Waals surface area contributed by atoms with E-state index in [1.54, 1.807) is 12.1 Å². The zero-order valence-corrected chi connectivity index (χ0v) is 13.6. The third kappa shape index (κ3) is 2.71. The van der Waals surface area contributed by atoms with Crippen LogP contribution in [-0.4, -0.2) is 21.8 Å². The lowest BCUT2D eigenvalue weighted by Gasteiger charge is -2.41. The van der Waals surface area contributed by atoms with E-state index in [0.717, 1.165) is 17.7 Å². The number of fused-ring (bicyclic) bond motifs is 1. The first kappa shape index (κ1) is 16.0. The fourth-order valence-electron chi connectivity index (χ4n) is 2.94. The minimum atomic E-state index is -0.426. The molecule has 0 bridgehead atoms. The van der Waals surface area contributed by atoms with E-state index in [9.17, 15) is 14.9 Å². The molecule has 0 aromatic heterocycles. The quantitative estimate of drug-likeness (QED) is 0.682. The Morgan fingerprint density at radius 2 is 1.88 bits per heavy atom. The summed E-state index contributed by atoms with van der Waals surface area (Å²) in [6.07, 6.45) is 0.474. The molecule has 2 aromatic rings. The number of hydrogen-bond acceptors (Lipinski definition) is 4. The van der Waals surface area contributed by atoms with E-state index < -0.39 is 4.92 Å². The molecule has 1 amide bonds. The number of benzene rings is 2. The number of amides is 1. The summed E-state index contributed by atoms with van der Waals surface area (Å²) in [4.78, 5) is 25.2. The van der Waals surface area contributed by atoms with Gasteiger partial charge in [0.2, 0.25) is 0 Å². The molecule has 6 nitrogen and oxygen atoms in total. The molecule has 2 atom stereocenters. The highest BCUT2D eigenvalue weighted by Gasteiger charge is 2.35. The molecule has 24 heavy (non-hydrogen) atoms. The van der Waals surface area contributed by atoms with Gasteiger partial charge in [-0.2, -0.15) is 0 Å². The van der Waals surface area contributed by atoms with Crippen LogP contribution in [0.1, 0.15) is 42.4 Å². The summed E-state index contributed by atoms with van der Waals surface area (Å²) in [6.45, 7) is 4.04. The van der Waals surface area contributed by atoms with Crippen molar-refractivity contribution in [1.82, 2.24) is 4.90 Å². The Morgan fingerprint density at radius 1 is 1.21 bits per heavy atom. The van der Waals surface area contributed by atoms with E-state index in [2.05, 4.69) is 5.32 Å². The molecule has 0 unspecified atom stereocenters. The number of para-hydroxylation sites is 1. The summed E-state index contributed by atoms with van der Waals surface area (Å²) >= 11 is 0. The number of nitrogens with one attached hydrogen (secondary N) is 1. The normalized spacial score (nSPS) is 17.8. The van der Waals surface area contributed by atoms with Gasteiger partial charge in [-0.25, -0.2) is 0 Å². The lowest BCUT2D eigenvalue weighted by atomic mass is 10.0. The molecule has 0 radical (unpaired) electrons. The predicted molar refractivity (Wildman–Crippen MR) is 91.8 cm³/mol. The van der Waals surface area contributed by atoms with E-state index in [1.807, 2.05) is 43.0 Å². The van der Waals surface area contributed by atoms with Crippen LogP contribution >= 0.6 is 0 Å². The molecule has 0 spiro atoms. The first-order chi connectivity index (χ1) is 11.5. The Balaban J connectivity index is 2.03. The Bertz CT molecular complexity index is 773. The number of nitro benzene ring substituents is 1. The monoisotopic (exact) mass is 325 g/mol. The van der Waals surface area contributed by atoms with Gasteiger partial charge >= 0.3 is 0 Å². The zero-order chi connectivity index (χ0) is 17.3. The third-order valence-corrected chi connectivity index (χ3v) is 4.45. The van der Waals surface area contributed by atoms with Gasteiger partial charge in [-0.3, -0.25) is 14.9 Å². The first-order valence-corrected chi connectivity index (χ1v) is 7.95. The molecule has 1 heterocycles. The SMILES string of the molecule is CC[C@H](C)N1C(=O)c2ccccc2N[C@@H]1c1ccc([N+](=O)[O-])cc1. The van der Waals surface area contributed by atoms with Gasteiger partial charge < -0.3 is 10.2 Å². The van der Waals surface area contributed by atoms with Gasteiger partial charge in [-0.1, -0.05) is 19.1 Å². The Kier molecular flexibility index (Phi) is 4.20. The van der Waals surface area contributed by atoms with Crippen LogP contribution < -0.4 is 5.32 Å². The van der Waals surface area contributed by atoms with Gasteiger partial charge in [0.1, 0.15) is 6.17 Å². The summed E-state index contributed by atoms with van der Waals surface area (Å²) in [6, 6.07) is 13.8. The van der Waals surface area contributed by atoms with Crippen LogP contribution in [0, 0.1) is 10.1 Å². The number of nitro groups is 1. The molecule has 0 saturated heterocycles. The maximum absolute atomic E-state index is 13.0. The highest BCUT2D eigenvalue weighted by Crippen LogP contribution is 2.35. The number of nitrogens with zero attached hydrogens (tertiary/aromatic N) is 2. The van der Waals surface area contributed by atoms with Gasteiger partial charge in [-0.15, -0.1) is 0 Å². The molecule has 2 aromatic carbocycles. The van der Waals surface area contributed by atoms with E-state index in [1.165, 1.54) is 12.1 Å². The van der Waals surface area contributed by atoms with Gasteiger partial charge in [0, 0.05) is 23.9 Å². The molecule has 1 aliphatic rings. The van der Waals surface area contributed by atoms with E-state index in [-0.39, 0.29) is 23.8 Å². The van der Waals surface area contributed by atoms with Crippen LogP contribution in [0.2, 0.25) is 0 Å². The highest BCUT2D eigenvalue weighted by molar-refractivity contribution is 6.01. The van der Waals surface area contributed by atoms with E-state index in [4.69, 9.17) is 0 Å². The Morgan fingerprint density at radius 3 is 2.50 bits per heavy atom. The van der Waals surface area contributed by atoms with Crippen molar-refractivity contribution >= 4 is 17.3 Å². The molecule has 0 aliphatic carbocycles. The summed E-state index contributed by atoms with van der Waals surface area (Å²) in [7, 11) is 0. The summed E-state index contributed by atoms with van der Waals surface area (Å²) in [5.41, 5.74) is 2.29. The standard InChI is InChI=1S/C18H19N3O3/c1-3-12(2)20-17(13-8-10-14(11-9-13)21(23)24)19-16-7-5-4-6-15(16)18(20)22/h4-12,17,19H,3H2,1-2H3/t12-,17-/m0/s1. The molecule has 1 aliphatic heterocycles. The van der Waals surface area contributed by atoms with Crippen molar-refractivity contribution in [1.29, 1.82) is 0 Å². The van der Waals surface area contributed by atoms with Crippen molar-refractivity contribution in [3.05, 3.63) is 69.8 Å². The zero-order valence-electron chi connectivity index (χ0n) is 13.6. The number of carbonyl (C=O) groups is 1. The number of anilines is 1. The first-order valence-electron chi connectivity index (χ1n) is 7.95. The van der Waals surface area contributed by atoms with Crippen molar-refractivity contribution in [3.8, 4) is 0 Å². The van der Waals surface area contributed by atoms with Gasteiger partial charge in [0.15, 0.2) is 0 Å². The summed E-state index contributed by atoms with van der Waals surface area (Å²) < 4.78 is 0. The van der Waals surface area contributed by atoms with Crippen molar-refractivity contribution in [2.24, 2.45) is 0 Å². The van der Waals surface area contributed by atoms with Gasteiger partial charge in [-0.05, 0) is 43.2 Å². The second-order valence-corrected chi connectivity index (χ2v) is 5.91. The predicted octanol–water partition coefficient (Wildman–Crippen LogP) is 3.96. The maximum atomic E-state index is 13.0. The van der Waals surface area contributed by atoms with Crippen molar-refractivity contribution in [2.45, 2.75) is 32.5 Å². The largest absolute Gasteiger partial charge is 0.361 e. The third-order valence-electron chi connectivity index (χ3n) is 4.45. The Hall–Kier alpha value is -2.89. The van der Waals surface area contributed by atoms with E-state index >= 15 is 0 Å². The van der Waals surface area contributed by atoms with Crippen LogP contribution in [0.25, 0.3) is 0 Å². The highest BCUT2D eigenvalue weighted by atomic mass is 16.6. The number of hydrogen-bond donors (Lipinski definition) is 1. The molecule has 0 saturated carbocycles. The number of non-ortho nitro benzene ring substituents is 1. The number of carbonyl (C=O) groups excluding carboxylic acids is 1. The minimum Gasteiger partial charge on any atom is -0.361 e. The maximum Gasteiger partial charge on any atom is 0.269 e. The molecular weight excluding hydrogens is 306 g/mol. The topological polar surface area (TPSA) is 75.5 Å². The fraction of sp³-hybridized carbons (Fsp3) is 0.278. The molecule has 1 N–H and O–H groups in total. The molecule has 0 fully saturated rings. The van der Waals surface area contributed by atoms with Crippen molar-refractivity contribution in [3.63, 3.8) is 0 Å². The summed E-state index contributed by atoms with van der Waals surface area (Å²) in [5, 5.41) is 14.2. The molecule has 124 valence electrons. The lowest BCUT2D eigenvalue weighted by Crippen LogP contribution is -2.47. The Labute approximate surface area is 140 Å². The molecular formula is C18H19N3O3. The van der Waals surface area contributed by atoms with Crippen molar-refractivity contribution in [2.75, 3.05) is 5.32 Å². The average Bonchev–Trinajstić information content (AvgIpc) is 2.61. The van der Waals surface area contributed by atoms with Gasteiger partial charge in [0.25, 0.3) is 11.6 Å². The lowest BCUT2D eigenvalue weighted by molar-refractivity contribution is -0.384. The van der Waals surface area contributed by atoms with Crippen LogP contribution in [-0.2, 0) is 0 Å². The van der Waals surface area contributed by atoms with Crippen molar-refractivity contribution < 1.29 is 9.72 Å². The molecule has 3 rings (SSSR count). The average molecular weight is 325 g/mol. The second-order valence-electron chi connectivity index (χ2n) is 5.91. The second kappa shape index (κ2) is 6.31. The molecule has 6 heteroatoms. The fourth-order valence-corrected chi connectivity index (χ4v) is 2.94. The van der Waals surface area contributed by atoms with Crippen LogP contribution in [0.15, 0.2) is 48.5 Å². The smallest absolute Gasteiger partial charge is 0.269 e. The van der Waals surface area contributed by atoms with Crippen LogP contribution in [0.3, 0.4) is 0 Å². The minimum absolute atomic E-state index is 0.0259.